The molecule has 6 nitrogen and oxygen atoms in total. The van der Waals surface area contributed by atoms with Gasteiger partial charge in [0.25, 0.3) is 0 Å². The molecule has 144 valence electrons. The first kappa shape index (κ1) is 18.4. The number of benzene rings is 3. The fourth-order valence-corrected chi connectivity index (χ4v) is 3.13. The van der Waals surface area contributed by atoms with Crippen molar-refractivity contribution in [2.75, 3.05) is 14.2 Å². The zero-order valence-electron chi connectivity index (χ0n) is 15.8. The van der Waals surface area contributed by atoms with Gasteiger partial charge in [0.15, 0.2) is 5.76 Å². The number of hydrogen-bond donors (Lipinski definition) is 0. The predicted molar refractivity (Wildman–Crippen MR) is 108 cm³/mol. The van der Waals surface area contributed by atoms with Crippen LogP contribution >= 0.6 is 0 Å². The Morgan fingerprint density at radius 1 is 0.793 bits per heavy atom. The second kappa shape index (κ2) is 7.59. The van der Waals surface area contributed by atoms with E-state index >= 15 is 0 Å². The molecule has 0 unspecified atom stereocenters. The highest BCUT2D eigenvalue weighted by molar-refractivity contribution is 6.04. The number of esters is 2. The number of ether oxygens (including phenoxy) is 2. The van der Waals surface area contributed by atoms with Crippen LogP contribution in [0.25, 0.3) is 33.6 Å². The first-order valence-corrected chi connectivity index (χ1v) is 8.87. The lowest BCUT2D eigenvalue weighted by Crippen LogP contribution is -2.11. The van der Waals surface area contributed by atoms with Gasteiger partial charge in [0.2, 0.25) is 5.89 Å². The fourth-order valence-electron chi connectivity index (χ4n) is 3.13. The Morgan fingerprint density at radius 2 is 1.48 bits per heavy atom. The molecular weight excluding hydrogens is 370 g/mol. The third-order valence-electron chi connectivity index (χ3n) is 4.62. The molecule has 29 heavy (non-hydrogen) atoms. The van der Waals surface area contributed by atoms with Crippen molar-refractivity contribution in [1.29, 1.82) is 0 Å². The maximum atomic E-state index is 12.1. The van der Waals surface area contributed by atoms with E-state index in [1.807, 2.05) is 42.5 Å². The molecule has 1 aromatic heterocycles. The molecule has 0 aliphatic rings. The molecule has 0 aliphatic carbocycles. The molecule has 6 heteroatoms. The van der Waals surface area contributed by atoms with E-state index in [2.05, 4.69) is 4.98 Å². The Bertz CT molecular complexity index is 1220. The predicted octanol–water partition coefficient (Wildman–Crippen LogP) is 4.74. The number of nitrogens with zero attached hydrogens (tertiary/aromatic N) is 1. The smallest absolute Gasteiger partial charge is 0.338 e. The van der Waals surface area contributed by atoms with Crippen LogP contribution in [0.3, 0.4) is 0 Å². The van der Waals surface area contributed by atoms with E-state index in [9.17, 15) is 9.59 Å². The highest BCUT2D eigenvalue weighted by Crippen LogP contribution is 2.29. The van der Waals surface area contributed by atoms with E-state index in [1.54, 1.807) is 12.3 Å². The summed E-state index contributed by atoms with van der Waals surface area (Å²) in [6.45, 7) is 0. The minimum absolute atomic E-state index is 0.0855. The van der Waals surface area contributed by atoms with Gasteiger partial charge in [-0.2, -0.15) is 0 Å². The molecule has 0 spiro atoms. The number of carbonyl (C=O) groups is 2. The van der Waals surface area contributed by atoms with Crippen LogP contribution in [0.5, 0.6) is 0 Å². The van der Waals surface area contributed by atoms with Crippen molar-refractivity contribution in [3.05, 3.63) is 78.0 Å². The van der Waals surface area contributed by atoms with Crippen molar-refractivity contribution in [3.63, 3.8) is 0 Å². The Hall–Kier alpha value is -3.93. The number of methoxy groups -OCH3 is 2. The summed E-state index contributed by atoms with van der Waals surface area (Å²) in [5, 5.41) is 2.23. The molecule has 0 radical (unpaired) electrons. The first-order valence-electron chi connectivity index (χ1n) is 8.87. The summed E-state index contributed by atoms with van der Waals surface area (Å²) in [5.41, 5.74) is 1.64. The van der Waals surface area contributed by atoms with Crippen LogP contribution in [0.1, 0.15) is 20.7 Å². The zero-order chi connectivity index (χ0) is 20.4. The summed E-state index contributed by atoms with van der Waals surface area (Å²) in [4.78, 5) is 28.4. The summed E-state index contributed by atoms with van der Waals surface area (Å²) in [6, 6.07) is 18.7. The van der Waals surface area contributed by atoms with E-state index in [-0.39, 0.29) is 11.1 Å². The number of aromatic nitrogens is 1. The van der Waals surface area contributed by atoms with E-state index in [0.29, 0.717) is 17.2 Å². The van der Waals surface area contributed by atoms with E-state index in [4.69, 9.17) is 13.9 Å². The highest BCUT2D eigenvalue weighted by Gasteiger charge is 2.20. The molecule has 0 saturated carbocycles. The third-order valence-corrected chi connectivity index (χ3v) is 4.62. The average Bonchev–Trinajstić information content (AvgIpc) is 3.27. The minimum Gasteiger partial charge on any atom is -0.465 e. The van der Waals surface area contributed by atoms with Gasteiger partial charge in [-0.25, -0.2) is 14.6 Å². The van der Waals surface area contributed by atoms with Gasteiger partial charge in [-0.05, 0) is 35.0 Å². The van der Waals surface area contributed by atoms with Gasteiger partial charge in [0.1, 0.15) is 0 Å². The maximum Gasteiger partial charge on any atom is 0.338 e. The van der Waals surface area contributed by atoms with Crippen LogP contribution in [-0.4, -0.2) is 31.1 Å². The molecule has 4 rings (SSSR count). The lowest BCUT2D eigenvalue weighted by molar-refractivity contribution is 0.0555. The maximum absolute atomic E-state index is 12.1. The van der Waals surface area contributed by atoms with Gasteiger partial charge in [-0.1, -0.05) is 36.4 Å². The van der Waals surface area contributed by atoms with Crippen molar-refractivity contribution < 1.29 is 23.5 Å². The van der Waals surface area contributed by atoms with Crippen molar-refractivity contribution in [1.82, 2.24) is 4.98 Å². The van der Waals surface area contributed by atoms with Gasteiger partial charge in [-0.3, -0.25) is 0 Å². The van der Waals surface area contributed by atoms with Gasteiger partial charge in [-0.15, -0.1) is 0 Å². The normalized spacial score (nSPS) is 10.7. The summed E-state index contributed by atoms with van der Waals surface area (Å²) < 4.78 is 15.4. The Kier molecular flexibility index (Phi) is 4.83. The first-order chi connectivity index (χ1) is 14.1. The minimum atomic E-state index is -0.645. The van der Waals surface area contributed by atoms with E-state index < -0.39 is 11.9 Å². The van der Waals surface area contributed by atoms with Crippen molar-refractivity contribution in [2.45, 2.75) is 0 Å². The highest BCUT2D eigenvalue weighted by atomic mass is 16.5. The van der Waals surface area contributed by atoms with Crippen molar-refractivity contribution in [2.24, 2.45) is 0 Å². The number of oxazole rings is 1. The second-order valence-corrected chi connectivity index (χ2v) is 6.34. The van der Waals surface area contributed by atoms with Gasteiger partial charge in [0, 0.05) is 11.1 Å². The van der Waals surface area contributed by atoms with Crippen LogP contribution in [0.15, 0.2) is 71.3 Å². The van der Waals surface area contributed by atoms with Crippen LogP contribution in [0, 0.1) is 0 Å². The van der Waals surface area contributed by atoms with Gasteiger partial charge >= 0.3 is 11.9 Å². The van der Waals surface area contributed by atoms with Gasteiger partial charge in [0.05, 0.1) is 31.5 Å². The van der Waals surface area contributed by atoms with Crippen LogP contribution in [0.4, 0.5) is 0 Å². The van der Waals surface area contributed by atoms with E-state index in [1.165, 1.54) is 26.4 Å². The average molecular weight is 387 g/mol. The zero-order valence-corrected chi connectivity index (χ0v) is 15.8. The quantitative estimate of drug-likeness (QED) is 0.471. The number of hydrogen-bond acceptors (Lipinski definition) is 6. The van der Waals surface area contributed by atoms with Crippen LogP contribution < -0.4 is 0 Å². The summed E-state index contributed by atoms with van der Waals surface area (Å²) in [6.07, 6.45) is 1.63. The molecule has 0 aliphatic heterocycles. The van der Waals surface area contributed by atoms with Crippen LogP contribution in [-0.2, 0) is 9.47 Å². The number of rotatable bonds is 4. The molecular formula is C23H17NO5. The molecule has 1 heterocycles. The largest absolute Gasteiger partial charge is 0.465 e. The Morgan fingerprint density at radius 3 is 2.24 bits per heavy atom. The lowest BCUT2D eigenvalue weighted by Gasteiger charge is -2.07. The Labute approximate surface area is 166 Å². The summed E-state index contributed by atoms with van der Waals surface area (Å²) in [5.74, 6) is -0.341. The summed E-state index contributed by atoms with van der Waals surface area (Å²) in [7, 11) is 2.50. The SMILES string of the molecule is COC(=O)c1ccc(-c2ncc(-c3ccc4ccccc4c3)o2)cc1C(=O)OC. The molecule has 0 N–H and O–H groups in total. The standard InChI is InChI=1S/C23H17NO5/c1-27-22(25)18-10-9-17(12-19(18)23(26)28-2)21-24-13-20(29-21)16-8-7-14-5-3-4-6-15(14)11-16/h3-13H,1-2H3. The lowest BCUT2D eigenvalue weighted by atomic mass is 10.0. The molecule has 0 amide bonds. The molecule has 0 bridgehead atoms. The molecule has 0 atom stereocenters. The van der Waals surface area contributed by atoms with Crippen molar-refractivity contribution >= 4 is 22.7 Å². The molecule has 0 fully saturated rings. The number of carbonyl (C=O) groups excluding carboxylic acids is 2. The molecule has 4 aromatic rings. The van der Waals surface area contributed by atoms with Gasteiger partial charge < -0.3 is 13.9 Å². The topological polar surface area (TPSA) is 78.6 Å². The van der Waals surface area contributed by atoms with Crippen LogP contribution in [0.2, 0.25) is 0 Å². The van der Waals surface area contributed by atoms with E-state index in [0.717, 1.165) is 16.3 Å². The summed E-state index contributed by atoms with van der Waals surface area (Å²) >= 11 is 0. The second-order valence-electron chi connectivity index (χ2n) is 6.34. The fraction of sp³-hybridized carbons (Fsp3) is 0.0870. The van der Waals surface area contributed by atoms with Crippen molar-refractivity contribution in [3.8, 4) is 22.8 Å². The number of fused-ring (bicyclic) bond motifs is 1. The third kappa shape index (κ3) is 3.48. The Balaban J connectivity index is 1.73. The molecule has 0 saturated heterocycles. The molecule has 3 aromatic carbocycles. The monoisotopic (exact) mass is 387 g/mol.